The quantitative estimate of drug-likeness (QED) is 0.598. The molecule has 0 saturated heterocycles. The molecule has 0 amide bonds. The molecule has 1 aliphatic carbocycles. The molecule has 2 aliphatic rings. The van der Waals surface area contributed by atoms with Crippen molar-refractivity contribution < 1.29 is 19.4 Å². The molecule has 150 valence electrons. The molecule has 28 heavy (non-hydrogen) atoms. The van der Waals surface area contributed by atoms with E-state index in [4.69, 9.17) is 9.73 Å². The molecule has 1 aromatic carbocycles. The summed E-state index contributed by atoms with van der Waals surface area (Å²) in [5, 5.41) is 9.68. The van der Waals surface area contributed by atoms with E-state index in [1.165, 1.54) is 0 Å². The van der Waals surface area contributed by atoms with E-state index in [0.29, 0.717) is 30.7 Å². The molecule has 0 bridgehead atoms. The number of benzene rings is 1. The minimum Gasteiger partial charge on any atom is -0.508 e. The summed E-state index contributed by atoms with van der Waals surface area (Å²) in [5.74, 6) is -1.18. The minimum absolute atomic E-state index is 0.0481. The van der Waals surface area contributed by atoms with E-state index >= 15 is 0 Å². The molecule has 2 atom stereocenters. The summed E-state index contributed by atoms with van der Waals surface area (Å²) in [6.45, 7) is 8.39. The summed E-state index contributed by atoms with van der Waals surface area (Å²) in [6, 6.07) is 6.74. The first kappa shape index (κ1) is 20.3. The summed E-state index contributed by atoms with van der Waals surface area (Å²) in [7, 11) is 0. The summed E-state index contributed by atoms with van der Waals surface area (Å²) in [6.07, 6.45) is 2.89. The van der Waals surface area contributed by atoms with Crippen LogP contribution >= 0.6 is 0 Å². The highest BCUT2D eigenvalue weighted by molar-refractivity contribution is 6.09. The lowest BCUT2D eigenvalue weighted by Gasteiger charge is -2.39. The van der Waals surface area contributed by atoms with E-state index in [-0.39, 0.29) is 22.9 Å². The van der Waals surface area contributed by atoms with Gasteiger partial charge >= 0.3 is 5.97 Å². The molecule has 0 spiro atoms. The molecule has 3 rings (SSSR count). The number of hydrogen-bond acceptors (Lipinski definition) is 5. The van der Waals surface area contributed by atoms with Gasteiger partial charge in [-0.3, -0.25) is 14.6 Å². The predicted molar refractivity (Wildman–Crippen MR) is 108 cm³/mol. The SMILES string of the molecule is CCCCOC(=O)C1C(C)=NC2=C(C(=O)CC(C)(C)C2)[C@H]1c1ccc(O)cc1. The second-order valence-electron chi connectivity index (χ2n) is 8.62. The smallest absolute Gasteiger partial charge is 0.315 e. The van der Waals surface area contributed by atoms with Crippen LogP contribution in [0.2, 0.25) is 0 Å². The van der Waals surface area contributed by atoms with Crippen LogP contribution in [0.3, 0.4) is 0 Å². The van der Waals surface area contributed by atoms with Gasteiger partial charge in [-0.2, -0.15) is 0 Å². The molecule has 0 radical (unpaired) electrons. The van der Waals surface area contributed by atoms with Gasteiger partial charge in [-0.15, -0.1) is 0 Å². The summed E-state index contributed by atoms with van der Waals surface area (Å²) in [4.78, 5) is 30.8. The first-order valence-corrected chi connectivity index (χ1v) is 10.0. The Morgan fingerprint density at radius 1 is 1.25 bits per heavy atom. The minimum atomic E-state index is -0.620. The summed E-state index contributed by atoms with van der Waals surface area (Å²) < 4.78 is 5.52. The molecule has 1 unspecified atom stereocenters. The van der Waals surface area contributed by atoms with Gasteiger partial charge in [0.1, 0.15) is 11.7 Å². The predicted octanol–water partition coefficient (Wildman–Crippen LogP) is 4.55. The molecule has 0 aromatic heterocycles. The second-order valence-corrected chi connectivity index (χ2v) is 8.62. The number of Topliss-reactive ketones (excluding diaryl/α,β-unsaturated/α-hetero) is 1. The maximum atomic E-state index is 13.1. The van der Waals surface area contributed by atoms with Gasteiger partial charge in [-0.25, -0.2) is 0 Å². The van der Waals surface area contributed by atoms with Gasteiger partial charge in [0.25, 0.3) is 0 Å². The van der Waals surface area contributed by atoms with Crippen LogP contribution in [0.5, 0.6) is 5.75 Å². The lowest BCUT2D eigenvalue weighted by Crippen LogP contribution is -2.39. The summed E-state index contributed by atoms with van der Waals surface area (Å²) in [5.41, 5.74) is 2.78. The Bertz CT molecular complexity index is 833. The number of aromatic hydroxyl groups is 1. The third-order valence-corrected chi connectivity index (χ3v) is 5.55. The highest BCUT2D eigenvalue weighted by Gasteiger charge is 2.45. The van der Waals surface area contributed by atoms with Gasteiger partial charge in [-0.05, 0) is 42.9 Å². The van der Waals surface area contributed by atoms with E-state index in [2.05, 4.69) is 13.8 Å². The Balaban J connectivity index is 2.06. The fraction of sp³-hybridized carbons (Fsp3) is 0.522. The van der Waals surface area contributed by atoms with Crippen molar-refractivity contribution >= 4 is 17.5 Å². The largest absolute Gasteiger partial charge is 0.508 e. The van der Waals surface area contributed by atoms with Crippen molar-refractivity contribution in [2.75, 3.05) is 6.61 Å². The van der Waals surface area contributed by atoms with Crippen LogP contribution in [0.4, 0.5) is 0 Å². The van der Waals surface area contributed by atoms with Gasteiger partial charge in [0.15, 0.2) is 5.78 Å². The van der Waals surface area contributed by atoms with Gasteiger partial charge in [0, 0.05) is 29.3 Å². The standard InChI is InChI=1S/C23H29NO4/c1-5-6-11-28-22(27)19-14(2)24-17-12-23(3,4)13-18(26)21(17)20(19)15-7-9-16(25)10-8-15/h7-10,19-20,25H,5-6,11-13H2,1-4H3/t19?,20-/m0/s1. The maximum absolute atomic E-state index is 13.1. The Labute approximate surface area is 166 Å². The fourth-order valence-electron chi connectivity index (χ4n) is 4.20. The molecular weight excluding hydrogens is 354 g/mol. The van der Waals surface area contributed by atoms with Crippen molar-refractivity contribution in [3.63, 3.8) is 0 Å². The van der Waals surface area contributed by atoms with E-state index in [1.807, 2.05) is 13.8 Å². The van der Waals surface area contributed by atoms with Crippen molar-refractivity contribution in [1.29, 1.82) is 0 Å². The number of allylic oxidation sites excluding steroid dienone is 2. The molecule has 5 nitrogen and oxygen atoms in total. The second kappa shape index (κ2) is 7.90. The number of phenolic OH excluding ortho intramolecular Hbond substituents is 1. The van der Waals surface area contributed by atoms with Crippen LogP contribution in [0.15, 0.2) is 40.5 Å². The third kappa shape index (κ3) is 4.03. The highest BCUT2D eigenvalue weighted by atomic mass is 16.5. The number of hydrogen-bond donors (Lipinski definition) is 1. The molecule has 0 fully saturated rings. The number of esters is 1. The van der Waals surface area contributed by atoms with Crippen molar-refractivity contribution in [1.82, 2.24) is 0 Å². The number of ether oxygens (including phenoxy) is 1. The van der Waals surface area contributed by atoms with Crippen molar-refractivity contribution in [2.45, 2.75) is 59.3 Å². The van der Waals surface area contributed by atoms with Gasteiger partial charge in [0.2, 0.25) is 0 Å². The number of unbranched alkanes of at least 4 members (excludes halogenated alkanes) is 1. The van der Waals surface area contributed by atoms with E-state index in [9.17, 15) is 14.7 Å². The lowest BCUT2D eigenvalue weighted by atomic mass is 9.67. The van der Waals surface area contributed by atoms with Crippen molar-refractivity contribution in [3.05, 3.63) is 41.1 Å². The normalized spacial score (nSPS) is 23.9. The average Bonchev–Trinajstić information content (AvgIpc) is 2.60. The topological polar surface area (TPSA) is 76.0 Å². The number of carbonyl (C=O) groups is 2. The summed E-state index contributed by atoms with van der Waals surface area (Å²) >= 11 is 0. The average molecular weight is 383 g/mol. The molecule has 0 saturated carbocycles. The molecule has 1 N–H and O–H groups in total. The van der Waals surface area contributed by atoms with Crippen LogP contribution in [-0.4, -0.2) is 29.2 Å². The third-order valence-electron chi connectivity index (χ3n) is 5.55. The van der Waals surface area contributed by atoms with E-state index < -0.39 is 11.8 Å². The van der Waals surface area contributed by atoms with Gasteiger partial charge in [0.05, 0.1) is 6.61 Å². The van der Waals surface area contributed by atoms with Crippen molar-refractivity contribution in [2.24, 2.45) is 16.3 Å². The highest BCUT2D eigenvalue weighted by Crippen LogP contribution is 2.48. The van der Waals surface area contributed by atoms with Crippen LogP contribution < -0.4 is 0 Å². The van der Waals surface area contributed by atoms with Gasteiger partial charge in [-0.1, -0.05) is 39.3 Å². The molecule has 1 aromatic rings. The zero-order valence-corrected chi connectivity index (χ0v) is 17.1. The van der Waals surface area contributed by atoms with Crippen molar-refractivity contribution in [3.8, 4) is 5.75 Å². The molecule has 1 heterocycles. The van der Waals surface area contributed by atoms with Crippen LogP contribution in [0.25, 0.3) is 0 Å². The number of nitrogens with zero attached hydrogens (tertiary/aromatic N) is 1. The Kier molecular flexibility index (Phi) is 5.73. The van der Waals surface area contributed by atoms with Gasteiger partial charge < -0.3 is 9.84 Å². The van der Waals surface area contributed by atoms with Crippen LogP contribution in [-0.2, 0) is 14.3 Å². The molecular formula is C23H29NO4. The Morgan fingerprint density at radius 2 is 1.93 bits per heavy atom. The first-order chi connectivity index (χ1) is 13.2. The van der Waals surface area contributed by atoms with E-state index in [0.717, 1.165) is 24.1 Å². The zero-order valence-electron chi connectivity index (χ0n) is 17.1. The number of carbonyl (C=O) groups excluding carboxylic acids is 2. The monoisotopic (exact) mass is 383 g/mol. The zero-order chi connectivity index (χ0) is 20.5. The Morgan fingerprint density at radius 3 is 2.57 bits per heavy atom. The number of ketones is 1. The number of rotatable bonds is 5. The van der Waals surface area contributed by atoms with Crippen LogP contribution in [0, 0.1) is 11.3 Å². The first-order valence-electron chi connectivity index (χ1n) is 10.0. The maximum Gasteiger partial charge on any atom is 0.315 e. The molecule has 1 aliphatic heterocycles. The number of phenols is 1. The Hall–Kier alpha value is -2.43. The molecule has 5 heteroatoms. The van der Waals surface area contributed by atoms with E-state index in [1.54, 1.807) is 24.3 Å². The fourth-order valence-corrected chi connectivity index (χ4v) is 4.20. The van der Waals surface area contributed by atoms with Crippen LogP contribution in [0.1, 0.15) is 64.9 Å². The number of aliphatic imine (C=N–C) groups is 1. The lowest BCUT2D eigenvalue weighted by molar-refractivity contribution is -0.146.